The van der Waals surface area contributed by atoms with Gasteiger partial charge in [0.25, 0.3) is 0 Å². The predicted molar refractivity (Wildman–Crippen MR) is 71.7 cm³/mol. The van der Waals surface area contributed by atoms with Gasteiger partial charge in [0, 0.05) is 12.8 Å². The van der Waals surface area contributed by atoms with Gasteiger partial charge in [-0.25, -0.2) is 10.8 Å². The van der Waals surface area contributed by atoms with E-state index in [1.54, 1.807) is 13.1 Å². The largest absolute Gasteiger partial charge is 0.339 e. The molecule has 0 bridgehead atoms. The molecule has 0 saturated carbocycles. The Kier molecular flexibility index (Phi) is 3.97. The summed E-state index contributed by atoms with van der Waals surface area (Å²) in [5.41, 5.74) is 1.70. The van der Waals surface area contributed by atoms with E-state index in [9.17, 15) is 9.59 Å². The Bertz CT molecular complexity index is 695. The zero-order valence-electron chi connectivity index (χ0n) is 10.1. The number of nitrogen functional groups attached to an aromatic ring is 1. The predicted octanol–water partition coefficient (Wildman–Crippen LogP) is -0.558. The summed E-state index contributed by atoms with van der Waals surface area (Å²) in [4.78, 5) is 30.2. The maximum atomic E-state index is 11.2. The van der Waals surface area contributed by atoms with E-state index in [4.69, 9.17) is 5.84 Å². The highest BCUT2D eigenvalue weighted by Gasteiger charge is 2.05. The normalized spacial score (nSPS) is 10.4. The number of hydrazine groups is 1. The van der Waals surface area contributed by atoms with Crippen molar-refractivity contribution in [1.29, 1.82) is 0 Å². The van der Waals surface area contributed by atoms with Crippen LogP contribution in [0.3, 0.4) is 0 Å². The zero-order valence-corrected chi connectivity index (χ0v) is 10.9. The number of aromatic nitrogens is 4. The summed E-state index contributed by atoms with van der Waals surface area (Å²) in [6.45, 7) is 0. The average Bonchev–Trinajstić information content (AvgIpc) is 2.41. The lowest BCUT2D eigenvalue weighted by atomic mass is 10.4. The minimum Gasteiger partial charge on any atom is -0.308 e. The summed E-state index contributed by atoms with van der Waals surface area (Å²) >= 11 is 1.29. The fourth-order valence-electron chi connectivity index (χ4n) is 1.37. The number of aromatic amines is 1. The molecule has 0 saturated heterocycles. The van der Waals surface area contributed by atoms with Crippen molar-refractivity contribution in [3.8, 4) is 0 Å². The van der Waals surface area contributed by atoms with Crippen molar-refractivity contribution < 1.29 is 0 Å². The van der Waals surface area contributed by atoms with Crippen LogP contribution in [-0.4, -0.2) is 19.7 Å². The molecule has 2 aromatic heterocycles. The standard InChI is InChI=1S/C10H12N6O2S/c1-16-10(13-8(17)9(18)15-16)19-5-6-3-2-4-7(12-6)14-11/h2-4H,5,11H2,1H3,(H,12,14)(H,15,18). The van der Waals surface area contributed by atoms with E-state index in [1.165, 1.54) is 16.4 Å². The van der Waals surface area contributed by atoms with E-state index in [0.29, 0.717) is 16.7 Å². The average molecular weight is 280 g/mol. The van der Waals surface area contributed by atoms with Crippen molar-refractivity contribution in [3.63, 3.8) is 0 Å². The summed E-state index contributed by atoms with van der Waals surface area (Å²) < 4.78 is 1.40. The van der Waals surface area contributed by atoms with Gasteiger partial charge in [0.05, 0.1) is 5.69 Å². The third-order valence-electron chi connectivity index (χ3n) is 2.25. The van der Waals surface area contributed by atoms with Crippen molar-refractivity contribution in [2.45, 2.75) is 10.9 Å². The van der Waals surface area contributed by atoms with Crippen molar-refractivity contribution in [2.24, 2.45) is 12.9 Å². The molecule has 0 spiro atoms. The van der Waals surface area contributed by atoms with E-state index in [2.05, 4.69) is 20.5 Å². The van der Waals surface area contributed by atoms with Crippen LogP contribution in [0.15, 0.2) is 32.9 Å². The number of thioether (sulfide) groups is 1. The van der Waals surface area contributed by atoms with Gasteiger partial charge >= 0.3 is 11.1 Å². The minimum atomic E-state index is -0.800. The van der Waals surface area contributed by atoms with Gasteiger partial charge in [-0.05, 0) is 12.1 Å². The van der Waals surface area contributed by atoms with Gasteiger partial charge in [-0.1, -0.05) is 17.8 Å². The highest BCUT2D eigenvalue weighted by atomic mass is 32.2. The molecule has 0 aromatic carbocycles. The maximum Gasteiger partial charge on any atom is 0.339 e. The zero-order chi connectivity index (χ0) is 13.8. The summed E-state index contributed by atoms with van der Waals surface area (Å²) in [7, 11) is 1.61. The first kappa shape index (κ1) is 13.3. The number of nitrogens with one attached hydrogen (secondary N) is 2. The van der Waals surface area contributed by atoms with Gasteiger partial charge in [0.2, 0.25) is 0 Å². The molecule has 0 aliphatic carbocycles. The van der Waals surface area contributed by atoms with Crippen LogP contribution in [0, 0.1) is 0 Å². The van der Waals surface area contributed by atoms with Crippen LogP contribution in [0.4, 0.5) is 5.82 Å². The van der Waals surface area contributed by atoms with Gasteiger partial charge in [-0.15, -0.1) is 0 Å². The van der Waals surface area contributed by atoms with Crippen LogP contribution < -0.4 is 22.4 Å². The van der Waals surface area contributed by atoms with Gasteiger partial charge in [0.15, 0.2) is 5.16 Å². The molecule has 2 aromatic rings. The van der Waals surface area contributed by atoms with Crippen LogP contribution in [0.25, 0.3) is 0 Å². The number of aryl methyl sites for hydroxylation is 1. The van der Waals surface area contributed by atoms with Crippen LogP contribution in [0.1, 0.15) is 5.69 Å². The second-order valence-electron chi connectivity index (χ2n) is 3.65. The van der Waals surface area contributed by atoms with Crippen molar-refractivity contribution in [2.75, 3.05) is 5.43 Å². The first-order chi connectivity index (χ1) is 9.10. The first-order valence-electron chi connectivity index (χ1n) is 5.33. The quantitative estimate of drug-likeness (QED) is 0.297. The monoisotopic (exact) mass is 280 g/mol. The van der Waals surface area contributed by atoms with Crippen LogP contribution in [-0.2, 0) is 12.8 Å². The third kappa shape index (κ3) is 3.20. The molecule has 2 heterocycles. The topological polar surface area (TPSA) is 119 Å². The van der Waals surface area contributed by atoms with Crippen molar-refractivity contribution in [3.05, 3.63) is 44.6 Å². The number of pyridine rings is 1. The maximum absolute atomic E-state index is 11.2. The number of hydrogen-bond acceptors (Lipinski definition) is 7. The molecule has 0 aliphatic rings. The van der Waals surface area contributed by atoms with E-state index in [-0.39, 0.29) is 0 Å². The molecular formula is C10H12N6O2S. The lowest BCUT2D eigenvalue weighted by Gasteiger charge is -2.06. The molecule has 0 unspecified atom stereocenters. The Morgan fingerprint density at radius 2 is 2.21 bits per heavy atom. The molecule has 0 aliphatic heterocycles. The lowest BCUT2D eigenvalue weighted by molar-refractivity contribution is 0.596. The number of nitrogens with two attached hydrogens (primary N) is 1. The minimum absolute atomic E-state index is 0.414. The summed E-state index contributed by atoms with van der Waals surface area (Å²) in [6, 6.07) is 5.39. The van der Waals surface area contributed by atoms with E-state index in [0.717, 1.165) is 5.69 Å². The molecule has 100 valence electrons. The van der Waals surface area contributed by atoms with Gasteiger partial charge in [0.1, 0.15) is 5.82 Å². The van der Waals surface area contributed by atoms with Crippen LogP contribution in [0.2, 0.25) is 0 Å². The molecule has 0 amide bonds. The summed E-state index contributed by atoms with van der Waals surface area (Å²) in [5, 5.41) is 2.79. The number of hydrogen-bond donors (Lipinski definition) is 3. The Balaban J connectivity index is 2.16. The highest BCUT2D eigenvalue weighted by Crippen LogP contribution is 2.18. The lowest BCUT2D eigenvalue weighted by Crippen LogP contribution is -2.33. The summed E-state index contributed by atoms with van der Waals surface area (Å²) in [6.07, 6.45) is 0. The SMILES string of the molecule is Cn1[nH]c(=O)c(=O)nc1SCc1cccc(NN)n1. The molecule has 2 rings (SSSR count). The molecule has 8 nitrogen and oxygen atoms in total. The van der Waals surface area contributed by atoms with E-state index < -0.39 is 11.1 Å². The second-order valence-corrected chi connectivity index (χ2v) is 4.59. The smallest absolute Gasteiger partial charge is 0.308 e. The number of anilines is 1. The highest BCUT2D eigenvalue weighted by molar-refractivity contribution is 7.98. The third-order valence-corrected chi connectivity index (χ3v) is 3.31. The molecule has 0 fully saturated rings. The Morgan fingerprint density at radius 3 is 2.95 bits per heavy atom. The van der Waals surface area contributed by atoms with Gasteiger partial charge in [-0.2, -0.15) is 4.98 Å². The van der Waals surface area contributed by atoms with Crippen molar-refractivity contribution in [1.82, 2.24) is 19.7 Å². The Labute approximate surface area is 112 Å². The fraction of sp³-hybridized carbons (Fsp3) is 0.200. The number of rotatable bonds is 4. The Hall–Kier alpha value is -2.13. The van der Waals surface area contributed by atoms with Crippen LogP contribution >= 0.6 is 11.8 Å². The fourth-order valence-corrected chi connectivity index (χ4v) is 2.19. The molecule has 0 radical (unpaired) electrons. The van der Waals surface area contributed by atoms with Gasteiger partial charge < -0.3 is 5.43 Å². The first-order valence-corrected chi connectivity index (χ1v) is 6.31. The van der Waals surface area contributed by atoms with Gasteiger partial charge in [-0.3, -0.25) is 19.4 Å². The molecule has 0 atom stereocenters. The van der Waals surface area contributed by atoms with Crippen molar-refractivity contribution >= 4 is 17.6 Å². The van der Waals surface area contributed by atoms with E-state index >= 15 is 0 Å². The number of H-pyrrole nitrogens is 1. The number of nitrogens with zero attached hydrogens (tertiary/aromatic N) is 3. The van der Waals surface area contributed by atoms with E-state index in [1.807, 2.05) is 12.1 Å². The molecular weight excluding hydrogens is 268 g/mol. The summed E-state index contributed by atoms with van der Waals surface area (Å²) in [5.74, 6) is 6.33. The molecule has 4 N–H and O–H groups in total. The molecule has 9 heteroatoms. The van der Waals surface area contributed by atoms with Crippen LogP contribution in [0.5, 0.6) is 0 Å². The molecule has 19 heavy (non-hydrogen) atoms. The second kappa shape index (κ2) is 5.67. The Morgan fingerprint density at radius 1 is 1.42 bits per heavy atom.